The van der Waals surface area contributed by atoms with Crippen molar-refractivity contribution in [3.63, 3.8) is 0 Å². The summed E-state index contributed by atoms with van der Waals surface area (Å²) >= 11 is 0. The van der Waals surface area contributed by atoms with Crippen molar-refractivity contribution >= 4 is 29.4 Å². The number of aromatic nitrogens is 1. The molecule has 0 bridgehead atoms. The van der Waals surface area contributed by atoms with Crippen molar-refractivity contribution in [1.82, 2.24) is 15.2 Å². The summed E-state index contributed by atoms with van der Waals surface area (Å²) in [6.45, 7) is 3.60. The van der Waals surface area contributed by atoms with Crippen LogP contribution in [0.4, 0.5) is 5.69 Å². The van der Waals surface area contributed by atoms with Gasteiger partial charge >= 0.3 is 5.97 Å². The molecule has 0 saturated heterocycles. The lowest BCUT2D eigenvalue weighted by atomic mass is 10.1. The largest absolute Gasteiger partial charge is 0.460 e. The summed E-state index contributed by atoms with van der Waals surface area (Å²) in [6.07, 6.45) is 1.90. The van der Waals surface area contributed by atoms with Gasteiger partial charge in [0.2, 0.25) is 11.8 Å². The van der Waals surface area contributed by atoms with Crippen LogP contribution in [0.25, 0.3) is 0 Å². The van der Waals surface area contributed by atoms with Gasteiger partial charge in [0.25, 0.3) is 5.91 Å². The molecule has 2 aromatic rings. The van der Waals surface area contributed by atoms with E-state index in [9.17, 15) is 19.2 Å². The van der Waals surface area contributed by atoms with E-state index in [0.717, 1.165) is 11.1 Å². The lowest BCUT2D eigenvalue weighted by Crippen LogP contribution is -2.31. The number of esters is 1. The van der Waals surface area contributed by atoms with Gasteiger partial charge in [-0.25, -0.2) is 0 Å². The fourth-order valence-electron chi connectivity index (χ4n) is 2.72. The Hall–Kier alpha value is -3.62. The maximum atomic E-state index is 12.2. The molecule has 9 nitrogen and oxygen atoms in total. The van der Waals surface area contributed by atoms with Crippen LogP contribution in [0.3, 0.4) is 0 Å². The Morgan fingerprint density at radius 2 is 1.70 bits per heavy atom. The first-order chi connectivity index (χ1) is 14.3. The molecule has 0 unspecified atom stereocenters. The number of carbonyl (C=O) groups is 4. The van der Waals surface area contributed by atoms with Gasteiger partial charge in [-0.1, -0.05) is 24.3 Å². The molecule has 0 aliphatic heterocycles. The molecule has 0 fully saturated rings. The summed E-state index contributed by atoms with van der Waals surface area (Å²) in [6, 6.07) is 8.71. The van der Waals surface area contributed by atoms with Crippen molar-refractivity contribution in [2.45, 2.75) is 26.9 Å². The molecule has 3 amide bonds. The molecule has 1 heterocycles. The minimum absolute atomic E-state index is 0.0464. The third-order valence-electron chi connectivity index (χ3n) is 4.11. The molecule has 0 saturated carbocycles. The number of aryl methyl sites for hydroxylation is 1. The van der Waals surface area contributed by atoms with Crippen LogP contribution in [-0.2, 0) is 39.2 Å². The number of hydrogen-bond donors (Lipinski definition) is 3. The first-order valence-corrected chi connectivity index (χ1v) is 9.50. The third-order valence-corrected chi connectivity index (χ3v) is 4.11. The Bertz CT molecular complexity index is 918. The Balaban J connectivity index is 1.78. The lowest BCUT2D eigenvalue weighted by Gasteiger charge is -2.08. The van der Waals surface area contributed by atoms with E-state index in [4.69, 9.17) is 4.74 Å². The maximum Gasteiger partial charge on any atom is 0.325 e. The molecule has 1 aromatic carbocycles. The fourth-order valence-corrected chi connectivity index (χ4v) is 2.72. The van der Waals surface area contributed by atoms with Crippen molar-refractivity contribution in [2.24, 2.45) is 7.05 Å². The van der Waals surface area contributed by atoms with Crippen LogP contribution in [-0.4, -0.2) is 41.3 Å². The highest BCUT2D eigenvalue weighted by Gasteiger charge is 2.14. The predicted molar refractivity (Wildman–Crippen MR) is 111 cm³/mol. The van der Waals surface area contributed by atoms with E-state index in [1.807, 2.05) is 19.1 Å². The van der Waals surface area contributed by atoms with E-state index in [1.165, 1.54) is 13.0 Å². The predicted octanol–water partition coefficient (Wildman–Crippen LogP) is 1.14. The monoisotopic (exact) mass is 414 g/mol. The lowest BCUT2D eigenvalue weighted by molar-refractivity contribution is -0.143. The van der Waals surface area contributed by atoms with Crippen LogP contribution in [0.5, 0.6) is 0 Å². The maximum absolute atomic E-state index is 12.2. The standard InChI is InChI=1S/C21H26N4O5/c1-4-22-19(27)9-15-5-7-16(8-6-15)13-30-20(28)11-23-21(29)18-10-17(12-25(18)3)24-14(2)26/h5-8,10,12H,4,9,11,13H2,1-3H3,(H,22,27)(H,23,29)(H,24,26). The SMILES string of the molecule is CCNC(=O)Cc1ccc(COC(=O)CNC(=O)c2cc(NC(C)=O)cn2C)cc1. The van der Waals surface area contributed by atoms with Gasteiger partial charge in [-0.05, 0) is 24.1 Å². The van der Waals surface area contributed by atoms with Crippen LogP contribution in [0.1, 0.15) is 35.5 Å². The van der Waals surface area contributed by atoms with Gasteiger partial charge in [-0.15, -0.1) is 0 Å². The van der Waals surface area contributed by atoms with Gasteiger partial charge in [0, 0.05) is 26.7 Å². The van der Waals surface area contributed by atoms with E-state index in [0.29, 0.717) is 24.3 Å². The van der Waals surface area contributed by atoms with E-state index >= 15 is 0 Å². The first-order valence-electron chi connectivity index (χ1n) is 9.50. The van der Waals surface area contributed by atoms with E-state index in [2.05, 4.69) is 16.0 Å². The highest BCUT2D eigenvalue weighted by molar-refractivity contribution is 5.97. The van der Waals surface area contributed by atoms with Gasteiger partial charge < -0.3 is 25.3 Å². The van der Waals surface area contributed by atoms with Crippen LogP contribution >= 0.6 is 0 Å². The molecule has 0 aliphatic carbocycles. The molecule has 1 aromatic heterocycles. The molecule has 0 radical (unpaired) electrons. The van der Waals surface area contributed by atoms with Crippen LogP contribution < -0.4 is 16.0 Å². The number of ether oxygens (including phenoxy) is 1. The van der Waals surface area contributed by atoms with Crippen LogP contribution in [0.2, 0.25) is 0 Å². The number of likely N-dealkylation sites (N-methyl/N-ethyl adjacent to an activating group) is 1. The normalized spacial score (nSPS) is 10.2. The number of carbonyl (C=O) groups excluding carboxylic acids is 4. The zero-order valence-corrected chi connectivity index (χ0v) is 17.3. The van der Waals surface area contributed by atoms with E-state index in [1.54, 1.807) is 29.9 Å². The minimum Gasteiger partial charge on any atom is -0.460 e. The summed E-state index contributed by atoms with van der Waals surface area (Å²) in [4.78, 5) is 46.8. The molecule has 160 valence electrons. The Morgan fingerprint density at radius 3 is 2.33 bits per heavy atom. The number of rotatable bonds is 9. The summed E-state index contributed by atoms with van der Waals surface area (Å²) < 4.78 is 6.72. The summed E-state index contributed by atoms with van der Waals surface area (Å²) in [5.74, 6) is -1.32. The minimum atomic E-state index is -0.578. The molecule has 2 rings (SSSR count). The van der Waals surface area contributed by atoms with Crippen LogP contribution in [0, 0.1) is 0 Å². The Kier molecular flexibility index (Phi) is 8.16. The second-order valence-electron chi connectivity index (χ2n) is 6.70. The summed E-state index contributed by atoms with van der Waals surface area (Å²) in [5, 5.41) is 7.82. The van der Waals surface area contributed by atoms with Gasteiger partial charge in [-0.2, -0.15) is 0 Å². The van der Waals surface area contributed by atoms with E-state index < -0.39 is 11.9 Å². The van der Waals surface area contributed by atoms with Crippen molar-refractivity contribution in [2.75, 3.05) is 18.4 Å². The highest BCUT2D eigenvalue weighted by atomic mass is 16.5. The molecule has 3 N–H and O–H groups in total. The molecule has 9 heteroatoms. The van der Waals surface area contributed by atoms with Crippen LogP contribution in [0.15, 0.2) is 36.5 Å². The van der Waals surface area contributed by atoms with Crippen molar-refractivity contribution in [1.29, 1.82) is 0 Å². The highest BCUT2D eigenvalue weighted by Crippen LogP contribution is 2.12. The van der Waals surface area contributed by atoms with Gasteiger partial charge in [-0.3, -0.25) is 19.2 Å². The Morgan fingerprint density at radius 1 is 1.03 bits per heavy atom. The van der Waals surface area contributed by atoms with Gasteiger partial charge in [0.15, 0.2) is 0 Å². The number of amides is 3. The molecule has 0 atom stereocenters. The molecule has 0 spiro atoms. The average molecular weight is 414 g/mol. The zero-order valence-electron chi connectivity index (χ0n) is 17.3. The third kappa shape index (κ3) is 7.08. The number of anilines is 1. The van der Waals surface area contributed by atoms with Crippen molar-refractivity contribution in [3.05, 3.63) is 53.3 Å². The quantitative estimate of drug-likeness (QED) is 0.532. The number of nitrogens with one attached hydrogen (secondary N) is 3. The number of nitrogens with zero attached hydrogens (tertiary/aromatic N) is 1. The summed E-state index contributed by atoms with van der Waals surface area (Å²) in [7, 11) is 1.66. The fraction of sp³-hybridized carbons (Fsp3) is 0.333. The van der Waals surface area contributed by atoms with Gasteiger partial charge in [0.1, 0.15) is 18.8 Å². The topological polar surface area (TPSA) is 119 Å². The summed E-state index contributed by atoms with van der Waals surface area (Å²) in [5.41, 5.74) is 2.43. The smallest absolute Gasteiger partial charge is 0.325 e. The second kappa shape index (κ2) is 10.8. The molecule has 30 heavy (non-hydrogen) atoms. The average Bonchev–Trinajstić information content (AvgIpc) is 3.05. The first kappa shape index (κ1) is 22.7. The molecule has 0 aliphatic rings. The van der Waals surface area contributed by atoms with E-state index in [-0.39, 0.29) is 25.0 Å². The zero-order chi connectivity index (χ0) is 22.1. The number of hydrogen-bond acceptors (Lipinski definition) is 5. The van der Waals surface area contributed by atoms with Crippen molar-refractivity contribution < 1.29 is 23.9 Å². The second-order valence-corrected chi connectivity index (χ2v) is 6.70. The molecular weight excluding hydrogens is 388 g/mol. The van der Waals surface area contributed by atoms with Gasteiger partial charge in [0.05, 0.1) is 12.1 Å². The Labute approximate surface area is 174 Å². The molecular formula is C21H26N4O5. The van der Waals surface area contributed by atoms with Crippen molar-refractivity contribution in [3.8, 4) is 0 Å². The number of benzene rings is 1.